The van der Waals surface area contributed by atoms with E-state index in [-0.39, 0.29) is 12.1 Å². The van der Waals surface area contributed by atoms with Crippen LogP contribution in [0.3, 0.4) is 0 Å². The fourth-order valence-corrected chi connectivity index (χ4v) is 8.89. The number of aromatic amines is 3. The van der Waals surface area contributed by atoms with E-state index in [9.17, 15) is 0 Å². The number of rotatable bonds is 6. The number of anilines is 2. The van der Waals surface area contributed by atoms with Crippen molar-refractivity contribution in [1.29, 1.82) is 0 Å². The monoisotopic (exact) mass is 802 g/mol. The summed E-state index contributed by atoms with van der Waals surface area (Å²) in [5, 5.41) is 19.6. The zero-order chi connectivity index (χ0) is 39.9. The van der Waals surface area contributed by atoms with Gasteiger partial charge in [-0.2, -0.15) is 10.2 Å². The molecule has 15 heteroatoms. The zero-order valence-corrected chi connectivity index (χ0v) is 33.7. The Kier molecular flexibility index (Phi) is 9.76. The molecular weight excluding hydrogens is 761 g/mol. The summed E-state index contributed by atoms with van der Waals surface area (Å²) in [6, 6.07) is 19.2. The molecule has 0 bridgehead atoms. The Morgan fingerprint density at radius 3 is 1.73 bits per heavy atom. The van der Waals surface area contributed by atoms with Crippen molar-refractivity contribution in [2.75, 3.05) is 49.3 Å². The molecule has 0 unspecified atom stereocenters. The standard InChI is InChI=1S/C23H21N7O.C21H21N5OS/c1-14-13-31-11-10-30(14)20-12-18(15-2-7-25-23-17(15)4-8-26-23)16-3-6-24-22(21(16)28-20)19-5-9-27-29-19;1-13-12-27-9-8-26(13)19-11-17(15-5-10-28-14(15)2)16-3-6-22-21(20(16)24-19)18-4-7-23-25-18/h2-9,12,14H,10-11,13H2,1H3,(H,25,26)(H,27,29);3-7,10-11,13H,8-9,12H2,1-2H3,(H,23,25)/t14-;13-/m11/s1. The second-order valence-corrected chi connectivity index (χ2v) is 16.0. The molecule has 0 aliphatic carbocycles. The van der Waals surface area contributed by atoms with Gasteiger partial charge in [-0.15, -0.1) is 11.3 Å². The van der Waals surface area contributed by atoms with Crippen molar-refractivity contribution in [1.82, 2.24) is 50.3 Å². The van der Waals surface area contributed by atoms with E-state index in [1.54, 1.807) is 23.7 Å². The first-order chi connectivity index (χ1) is 29.0. The molecule has 0 aromatic carbocycles. The quantitative estimate of drug-likeness (QED) is 0.149. The largest absolute Gasteiger partial charge is 0.377 e. The smallest absolute Gasteiger partial charge is 0.137 e. The number of hydrogen-bond acceptors (Lipinski definition) is 12. The molecule has 0 spiro atoms. The van der Waals surface area contributed by atoms with Gasteiger partial charge in [0.25, 0.3) is 0 Å². The number of aromatic nitrogens is 10. The Hall–Kier alpha value is -6.55. The van der Waals surface area contributed by atoms with E-state index >= 15 is 0 Å². The summed E-state index contributed by atoms with van der Waals surface area (Å²) >= 11 is 1.77. The normalized spacial score (nSPS) is 17.1. The minimum absolute atomic E-state index is 0.239. The summed E-state index contributed by atoms with van der Waals surface area (Å²) in [6.45, 7) is 11.0. The fraction of sp³-hybridized carbons (Fsp3) is 0.250. The molecule has 11 rings (SSSR count). The van der Waals surface area contributed by atoms with Crippen LogP contribution in [0.2, 0.25) is 0 Å². The van der Waals surface area contributed by atoms with Crippen LogP contribution in [0.1, 0.15) is 18.7 Å². The van der Waals surface area contributed by atoms with Gasteiger partial charge >= 0.3 is 0 Å². The fourth-order valence-electron chi connectivity index (χ4n) is 8.18. The number of H-pyrrole nitrogens is 3. The van der Waals surface area contributed by atoms with Gasteiger partial charge in [0.2, 0.25) is 0 Å². The van der Waals surface area contributed by atoms with E-state index in [1.807, 2.05) is 43.0 Å². The number of thiophene rings is 1. The van der Waals surface area contributed by atoms with Gasteiger partial charge in [-0.25, -0.2) is 15.0 Å². The third kappa shape index (κ3) is 6.86. The van der Waals surface area contributed by atoms with Crippen molar-refractivity contribution in [3.05, 3.63) is 102 Å². The lowest BCUT2D eigenvalue weighted by Gasteiger charge is -2.34. The number of hydrogen-bond donors (Lipinski definition) is 3. The first-order valence-corrected chi connectivity index (χ1v) is 20.6. The maximum atomic E-state index is 5.66. The van der Waals surface area contributed by atoms with Crippen LogP contribution in [0.15, 0.2) is 97.2 Å². The number of morpholine rings is 2. The van der Waals surface area contributed by atoms with Crippen LogP contribution in [0, 0.1) is 6.92 Å². The van der Waals surface area contributed by atoms with Crippen LogP contribution in [-0.2, 0) is 9.47 Å². The molecule has 2 saturated heterocycles. The highest BCUT2D eigenvalue weighted by Gasteiger charge is 2.25. The third-order valence-electron chi connectivity index (χ3n) is 11.2. The molecule has 2 atom stereocenters. The maximum absolute atomic E-state index is 5.66. The Morgan fingerprint density at radius 1 is 0.627 bits per heavy atom. The van der Waals surface area contributed by atoms with Gasteiger partial charge in [0, 0.05) is 71.3 Å². The number of aryl methyl sites for hydroxylation is 1. The second kappa shape index (κ2) is 15.7. The SMILES string of the molecule is C[C@@H]1COCCN1c1cc(-c2ccnc3[nH]ccc23)c2ccnc(-c3ccn[nH]3)c2n1.Cc1sccc1-c1cc(N2CCOC[C@H]2C)nc2c(-c3ccn[nH]3)nccc12. The van der Waals surface area contributed by atoms with Crippen LogP contribution in [0.5, 0.6) is 0 Å². The molecule has 2 aliphatic rings. The lowest BCUT2D eigenvalue weighted by Crippen LogP contribution is -2.44. The maximum Gasteiger partial charge on any atom is 0.137 e. The van der Waals surface area contributed by atoms with Gasteiger partial charge in [-0.1, -0.05) is 0 Å². The summed E-state index contributed by atoms with van der Waals surface area (Å²) in [5.74, 6) is 1.89. The zero-order valence-electron chi connectivity index (χ0n) is 32.9. The molecule has 3 N–H and O–H groups in total. The molecule has 296 valence electrons. The number of ether oxygens (including phenoxy) is 2. The lowest BCUT2D eigenvalue weighted by atomic mass is 9.98. The minimum atomic E-state index is 0.239. The number of pyridine rings is 5. The van der Waals surface area contributed by atoms with Gasteiger partial charge in [-0.3, -0.25) is 20.2 Å². The highest BCUT2D eigenvalue weighted by atomic mass is 32.1. The van der Waals surface area contributed by atoms with E-state index in [2.05, 4.69) is 113 Å². The van der Waals surface area contributed by atoms with E-state index < -0.39 is 0 Å². The van der Waals surface area contributed by atoms with E-state index in [4.69, 9.17) is 19.4 Å². The van der Waals surface area contributed by atoms with Gasteiger partial charge in [0.15, 0.2) is 0 Å². The lowest BCUT2D eigenvalue weighted by molar-refractivity contribution is 0.0985. The Bertz CT molecular complexity index is 2890. The van der Waals surface area contributed by atoms with E-state index in [0.717, 1.165) is 98.1 Å². The molecule has 11 heterocycles. The number of nitrogens with zero attached hydrogens (tertiary/aromatic N) is 9. The van der Waals surface area contributed by atoms with Crippen LogP contribution in [-0.4, -0.2) is 102 Å². The molecule has 14 nitrogen and oxygen atoms in total. The Morgan fingerprint density at radius 2 is 1.20 bits per heavy atom. The molecule has 0 radical (unpaired) electrons. The van der Waals surface area contributed by atoms with E-state index in [1.165, 1.54) is 16.0 Å². The summed E-state index contributed by atoms with van der Waals surface area (Å²) in [5.41, 5.74) is 10.6. The van der Waals surface area contributed by atoms with Crippen LogP contribution >= 0.6 is 11.3 Å². The van der Waals surface area contributed by atoms with Crippen molar-refractivity contribution >= 4 is 55.8 Å². The molecule has 0 saturated carbocycles. The predicted molar refractivity (Wildman–Crippen MR) is 233 cm³/mol. The van der Waals surface area contributed by atoms with Crippen LogP contribution in [0.4, 0.5) is 11.6 Å². The predicted octanol–water partition coefficient (Wildman–Crippen LogP) is 8.07. The molecule has 2 fully saturated rings. The van der Waals surface area contributed by atoms with Crippen LogP contribution < -0.4 is 9.80 Å². The Balaban J connectivity index is 0.000000143. The van der Waals surface area contributed by atoms with Crippen molar-refractivity contribution in [2.24, 2.45) is 0 Å². The average Bonchev–Trinajstić information content (AvgIpc) is 4.12. The topological polar surface area (TPSA) is 163 Å². The summed E-state index contributed by atoms with van der Waals surface area (Å²) in [7, 11) is 0. The first-order valence-electron chi connectivity index (χ1n) is 19.8. The van der Waals surface area contributed by atoms with Gasteiger partial charge in [0.05, 0.1) is 49.9 Å². The van der Waals surface area contributed by atoms with Gasteiger partial charge in [-0.05, 0) is 103 Å². The second-order valence-electron chi connectivity index (χ2n) is 14.8. The van der Waals surface area contributed by atoms with Crippen molar-refractivity contribution in [2.45, 2.75) is 32.9 Å². The molecule has 9 aromatic rings. The molecular formula is C44H42N12O2S. The van der Waals surface area contributed by atoms with Crippen molar-refractivity contribution in [3.63, 3.8) is 0 Å². The highest BCUT2D eigenvalue weighted by Crippen LogP contribution is 2.40. The average molecular weight is 803 g/mol. The summed E-state index contributed by atoms with van der Waals surface area (Å²) in [6.07, 6.45) is 10.9. The summed E-state index contributed by atoms with van der Waals surface area (Å²) < 4.78 is 11.3. The number of fused-ring (bicyclic) bond motifs is 3. The van der Waals surface area contributed by atoms with Crippen molar-refractivity contribution in [3.8, 4) is 45.0 Å². The third-order valence-corrected chi connectivity index (χ3v) is 12.0. The highest BCUT2D eigenvalue weighted by molar-refractivity contribution is 7.10. The van der Waals surface area contributed by atoms with E-state index in [0.29, 0.717) is 19.8 Å². The van der Waals surface area contributed by atoms with Gasteiger partial charge in [0.1, 0.15) is 39.7 Å². The first kappa shape index (κ1) is 36.8. The number of nitrogens with one attached hydrogen (secondary N) is 3. The molecule has 0 amide bonds. The van der Waals surface area contributed by atoms with Crippen molar-refractivity contribution < 1.29 is 9.47 Å². The van der Waals surface area contributed by atoms with Gasteiger partial charge < -0.3 is 24.3 Å². The van der Waals surface area contributed by atoms with Crippen LogP contribution in [0.25, 0.3) is 77.9 Å². The minimum Gasteiger partial charge on any atom is -0.377 e. The molecule has 9 aromatic heterocycles. The summed E-state index contributed by atoms with van der Waals surface area (Å²) in [4.78, 5) is 33.1. The molecule has 2 aliphatic heterocycles. The Labute approximate surface area is 343 Å². The molecule has 59 heavy (non-hydrogen) atoms.